The van der Waals surface area contributed by atoms with Gasteiger partial charge in [-0.1, -0.05) is 11.6 Å². The van der Waals surface area contributed by atoms with E-state index in [0.29, 0.717) is 34.4 Å². The molecule has 3 rings (SSSR count). The molecule has 2 aromatic rings. The monoisotopic (exact) mass is 318 g/mol. The Hall–Kier alpha value is -2.27. The first kappa shape index (κ1) is 14.7. The van der Waals surface area contributed by atoms with Crippen LogP contribution < -0.4 is 14.4 Å². The van der Waals surface area contributed by atoms with Gasteiger partial charge in [-0.3, -0.25) is 14.7 Å². The Morgan fingerprint density at radius 2 is 2.23 bits per heavy atom. The smallest absolute Gasteiger partial charge is 0.277 e. The minimum atomic E-state index is -0.211. The number of amides is 1. The van der Waals surface area contributed by atoms with Gasteiger partial charge < -0.3 is 9.47 Å². The molecule has 1 atom stereocenters. The van der Waals surface area contributed by atoms with Crippen molar-refractivity contribution in [1.29, 1.82) is 0 Å². The van der Waals surface area contributed by atoms with Gasteiger partial charge in [-0.2, -0.15) is 0 Å². The standard InChI is InChI=1S/C16H15ClN2O3/c1-10-9-19(14-7-11(17)3-4-15(14)22-10)16(20)13-8-12(21-2)5-6-18-13/h3-8,10H,9H2,1-2H3. The van der Waals surface area contributed by atoms with Gasteiger partial charge in [0.2, 0.25) is 0 Å². The molecule has 0 saturated heterocycles. The van der Waals surface area contributed by atoms with E-state index < -0.39 is 0 Å². The second kappa shape index (κ2) is 5.85. The summed E-state index contributed by atoms with van der Waals surface area (Å²) in [4.78, 5) is 18.6. The van der Waals surface area contributed by atoms with Crippen LogP contribution >= 0.6 is 11.6 Å². The topological polar surface area (TPSA) is 51.7 Å². The molecule has 2 heterocycles. The Labute approximate surface area is 133 Å². The number of pyridine rings is 1. The second-order valence-electron chi connectivity index (χ2n) is 5.04. The number of hydrogen-bond donors (Lipinski definition) is 0. The average Bonchev–Trinajstić information content (AvgIpc) is 2.54. The number of fused-ring (bicyclic) bond motifs is 1. The largest absolute Gasteiger partial charge is 0.497 e. The average molecular weight is 319 g/mol. The molecule has 0 saturated carbocycles. The summed E-state index contributed by atoms with van der Waals surface area (Å²) in [6, 6.07) is 8.55. The van der Waals surface area contributed by atoms with Crippen molar-refractivity contribution in [3.05, 3.63) is 47.2 Å². The van der Waals surface area contributed by atoms with E-state index in [0.717, 1.165) is 0 Å². The van der Waals surface area contributed by atoms with Crippen molar-refractivity contribution >= 4 is 23.2 Å². The molecule has 0 aliphatic carbocycles. The third kappa shape index (κ3) is 2.72. The summed E-state index contributed by atoms with van der Waals surface area (Å²) >= 11 is 6.05. The lowest BCUT2D eigenvalue weighted by molar-refractivity contribution is 0.0956. The highest BCUT2D eigenvalue weighted by atomic mass is 35.5. The summed E-state index contributed by atoms with van der Waals surface area (Å²) in [5.74, 6) is 1.02. The fourth-order valence-electron chi connectivity index (χ4n) is 2.40. The predicted octanol–water partition coefficient (Wildman–Crippen LogP) is 3.17. The minimum absolute atomic E-state index is 0.108. The number of ether oxygens (including phenoxy) is 2. The first-order chi connectivity index (χ1) is 10.6. The normalized spacial score (nSPS) is 16.7. The molecule has 22 heavy (non-hydrogen) atoms. The van der Waals surface area contributed by atoms with Crippen LogP contribution in [-0.2, 0) is 0 Å². The van der Waals surface area contributed by atoms with Crippen molar-refractivity contribution in [2.45, 2.75) is 13.0 Å². The molecule has 0 fully saturated rings. The zero-order valence-corrected chi connectivity index (χ0v) is 13.0. The van der Waals surface area contributed by atoms with Gasteiger partial charge in [0, 0.05) is 17.3 Å². The van der Waals surface area contributed by atoms with Crippen molar-refractivity contribution in [3.8, 4) is 11.5 Å². The Morgan fingerprint density at radius 1 is 1.41 bits per heavy atom. The number of anilines is 1. The van der Waals surface area contributed by atoms with Gasteiger partial charge in [-0.15, -0.1) is 0 Å². The van der Waals surface area contributed by atoms with Crippen LogP contribution in [0.5, 0.6) is 11.5 Å². The van der Waals surface area contributed by atoms with Crippen molar-refractivity contribution in [3.63, 3.8) is 0 Å². The maximum Gasteiger partial charge on any atom is 0.277 e. The molecule has 1 aromatic heterocycles. The maximum atomic E-state index is 12.8. The summed E-state index contributed by atoms with van der Waals surface area (Å²) in [6.45, 7) is 2.35. The molecule has 0 spiro atoms. The Kier molecular flexibility index (Phi) is 3.90. The summed E-state index contributed by atoms with van der Waals surface area (Å²) in [5.41, 5.74) is 0.972. The quantitative estimate of drug-likeness (QED) is 0.853. The van der Waals surface area contributed by atoms with E-state index in [1.54, 1.807) is 48.5 Å². The lowest BCUT2D eigenvalue weighted by Gasteiger charge is -2.33. The molecular formula is C16H15ClN2O3. The Morgan fingerprint density at radius 3 is 3.00 bits per heavy atom. The molecule has 6 heteroatoms. The summed E-state index contributed by atoms with van der Waals surface area (Å²) in [5, 5.41) is 0.549. The molecule has 1 unspecified atom stereocenters. The number of benzene rings is 1. The number of carbonyl (C=O) groups excluding carboxylic acids is 1. The van der Waals surface area contributed by atoms with Gasteiger partial charge in [0.1, 0.15) is 23.3 Å². The van der Waals surface area contributed by atoms with Crippen molar-refractivity contribution in [1.82, 2.24) is 4.98 Å². The van der Waals surface area contributed by atoms with Crippen molar-refractivity contribution < 1.29 is 14.3 Å². The highest BCUT2D eigenvalue weighted by Gasteiger charge is 2.29. The minimum Gasteiger partial charge on any atom is -0.497 e. The Balaban J connectivity index is 2.00. The number of aromatic nitrogens is 1. The van der Waals surface area contributed by atoms with Crippen LogP contribution in [0.4, 0.5) is 5.69 Å². The zero-order chi connectivity index (χ0) is 15.7. The molecule has 1 aliphatic rings. The van der Waals surface area contributed by atoms with Crippen molar-refractivity contribution in [2.75, 3.05) is 18.6 Å². The second-order valence-corrected chi connectivity index (χ2v) is 5.47. The molecule has 0 bridgehead atoms. The van der Waals surface area contributed by atoms with E-state index in [1.807, 2.05) is 6.92 Å². The molecule has 114 valence electrons. The van der Waals surface area contributed by atoms with Crippen LogP contribution in [0.15, 0.2) is 36.5 Å². The number of halogens is 1. The molecule has 1 aromatic carbocycles. The fourth-order valence-corrected chi connectivity index (χ4v) is 2.56. The van der Waals surface area contributed by atoms with Gasteiger partial charge in [0.25, 0.3) is 5.91 Å². The molecule has 1 amide bonds. The molecule has 5 nitrogen and oxygen atoms in total. The highest BCUT2D eigenvalue weighted by Crippen LogP contribution is 2.36. The molecule has 0 radical (unpaired) electrons. The lowest BCUT2D eigenvalue weighted by Crippen LogP contribution is -2.42. The van der Waals surface area contributed by atoms with Gasteiger partial charge in [0.15, 0.2) is 0 Å². The summed E-state index contributed by atoms with van der Waals surface area (Å²) in [6.07, 6.45) is 1.44. The Bertz CT molecular complexity index is 720. The summed E-state index contributed by atoms with van der Waals surface area (Å²) in [7, 11) is 1.55. The van der Waals surface area contributed by atoms with Crippen LogP contribution in [0.25, 0.3) is 0 Å². The van der Waals surface area contributed by atoms with E-state index in [2.05, 4.69) is 4.98 Å². The van der Waals surface area contributed by atoms with Gasteiger partial charge in [-0.25, -0.2) is 0 Å². The van der Waals surface area contributed by atoms with Crippen LogP contribution in [0.3, 0.4) is 0 Å². The van der Waals surface area contributed by atoms with Crippen LogP contribution in [-0.4, -0.2) is 30.6 Å². The van der Waals surface area contributed by atoms with Crippen LogP contribution in [0.1, 0.15) is 17.4 Å². The number of rotatable bonds is 2. The van der Waals surface area contributed by atoms with Gasteiger partial charge >= 0.3 is 0 Å². The number of hydrogen-bond acceptors (Lipinski definition) is 4. The molecule has 0 N–H and O–H groups in total. The first-order valence-corrected chi connectivity index (χ1v) is 7.24. The van der Waals surface area contributed by atoms with Gasteiger partial charge in [-0.05, 0) is 31.2 Å². The fraction of sp³-hybridized carbons (Fsp3) is 0.250. The number of nitrogens with zero attached hydrogens (tertiary/aromatic N) is 2. The maximum absolute atomic E-state index is 12.8. The zero-order valence-electron chi connectivity index (χ0n) is 12.2. The van der Waals surface area contributed by atoms with Crippen LogP contribution in [0.2, 0.25) is 5.02 Å². The SMILES string of the molecule is COc1ccnc(C(=O)N2CC(C)Oc3ccc(Cl)cc32)c1. The van der Waals surface area contributed by atoms with E-state index >= 15 is 0 Å². The van der Waals surface area contributed by atoms with Crippen LogP contribution in [0, 0.1) is 0 Å². The van der Waals surface area contributed by atoms with Gasteiger partial charge in [0.05, 0.1) is 19.3 Å². The van der Waals surface area contributed by atoms with Crippen molar-refractivity contribution in [2.24, 2.45) is 0 Å². The third-order valence-corrected chi connectivity index (χ3v) is 3.65. The predicted molar refractivity (Wildman–Crippen MR) is 84.0 cm³/mol. The van der Waals surface area contributed by atoms with E-state index in [1.165, 1.54) is 0 Å². The molecular weight excluding hydrogens is 304 g/mol. The van der Waals surface area contributed by atoms with E-state index in [4.69, 9.17) is 21.1 Å². The highest BCUT2D eigenvalue weighted by molar-refractivity contribution is 6.31. The first-order valence-electron chi connectivity index (χ1n) is 6.86. The molecule has 1 aliphatic heterocycles. The van der Waals surface area contributed by atoms with E-state index in [-0.39, 0.29) is 12.0 Å². The number of methoxy groups -OCH3 is 1. The van der Waals surface area contributed by atoms with E-state index in [9.17, 15) is 4.79 Å². The number of carbonyl (C=O) groups is 1. The lowest BCUT2D eigenvalue weighted by atomic mass is 10.1. The third-order valence-electron chi connectivity index (χ3n) is 3.41. The summed E-state index contributed by atoms with van der Waals surface area (Å²) < 4.78 is 10.9.